The zero-order valence-corrected chi connectivity index (χ0v) is 8.85. The van der Waals surface area contributed by atoms with Crippen LogP contribution in [0.4, 0.5) is 0 Å². The molecule has 2 rings (SSSR count). The summed E-state index contributed by atoms with van der Waals surface area (Å²) in [5.41, 5.74) is 0. The van der Waals surface area contributed by atoms with Crippen LogP contribution < -0.4 is 0 Å². The number of nitrogens with zero attached hydrogens (tertiary/aromatic N) is 2. The minimum Gasteiger partial charge on any atom is -0.471 e. The monoisotopic (exact) mass is 200 g/mol. The van der Waals surface area contributed by atoms with E-state index in [0.29, 0.717) is 11.2 Å². The van der Waals surface area contributed by atoms with Crippen molar-refractivity contribution in [2.24, 2.45) is 0 Å². The van der Waals surface area contributed by atoms with E-state index in [1.807, 2.05) is 0 Å². The molecule has 13 heavy (non-hydrogen) atoms. The lowest BCUT2D eigenvalue weighted by atomic mass is 10.1. The second-order valence-electron chi connectivity index (χ2n) is 3.63. The van der Waals surface area contributed by atoms with Crippen LogP contribution in [0.3, 0.4) is 0 Å². The lowest BCUT2D eigenvalue weighted by Gasteiger charge is -2.38. The van der Waals surface area contributed by atoms with E-state index in [4.69, 9.17) is 17.0 Å². The summed E-state index contributed by atoms with van der Waals surface area (Å²) in [6.07, 6.45) is 1.12. The standard InChI is InChI=1S/C9H16N2OS/c1-2-10-4-5-11-7-8(10)3-6-12-9(11)13/h8H,2-7H2,1H3. The van der Waals surface area contributed by atoms with E-state index < -0.39 is 0 Å². The van der Waals surface area contributed by atoms with Gasteiger partial charge in [0.1, 0.15) is 0 Å². The van der Waals surface area contributed by atoms with Crippen molar-refractivity contribution in [2.45, 2.75) is 19.4 Å². The van der Waals surface area contributed by atoms with Gasteiger partial charge >= 0.3 is 0 Å². The molecule has 0 aromatic carbocycles. The first-order valence-electron chi connectivity index (χ1n) is 4.97. The van der Waals surface area contributed by atoms with E-state index >= 15 is 0 Å². The van der Waals surface area contributed by atoms with Gasteiger partial charge in [-0.15, -0.1) is 0 Å². The van der Waals surface area contributed by atoms with Crippen LogP contribution in [0.15, 0.2) is 0 Å². The Balaban J connectivity index is 2.06. The second-order valence-corrected chi connectivity index (χ2v) is 3.98. The van der Waals surface area contributed by atoms with Crippen LogP contribution >= 0.6 is 12.2 Å². The molecule has 1 unspecified atom stereocenters. The van der Waals surface area contributed by atoms with Gasteiger partial charge in [0.25, 0.3) is 5.17 Å². The van der Waals surface area contributed by atoms with Crippen molar-refractivity contribution in [1.29, 1.82) is 0 Å². The predicted octanol–water partition coefficient (Wildman–Crippen LogP) is 0.698. The normalized spacial score (nSPS) is 29.8. The molecule has 0 spiro atoms. The molecule has 2 heterocycles. The maximum Gasteiger partial charge on any atom is 0.259 e. The molecule has 0 aliphatic carbocycles. The van der Waals surface area contributed by atoms with Crippen molar-refractivity contribution in [3.8, 4) is 0 Å². The van der Waals surface area contributed by atoms with Crippen molar-refractivity contribution < 1.29 is 4.74 Å². The predicted molar refractivity (Wildman–Crippen MR) is 55.8 cm³/mol. The Bertz CT molecular complexity index is 210. The van der Waals surface area contributed by atoms with Gasteiger partial charge in [-0.05, 0) is 25.2 Å². The van der Waals surface area contributed by atoms with Crippen LogP contribution in [0.1, 0.15) is 13.3 Å². The third-order valence-corrected chi connectivity index (χ3v) is 3.32. The molecule has 0 radical (unpaired) electrons. The van der Waals surface area contributed by atoms with Crippen LogP contribution in [0, 0.1) is 0 Å². The topological polar surface area (TPSA) is 15.7 Å². The van der Waals surface area contributed by atoms with Gasteiger partial charge in [-0.25, -0.2) is 0 Å². The Hall–Kier alpha value is -0.350. The molecule has 2 saturated heterocycles. The average Bonchev–Trinajstić information content (AvgIpc) is 2.29. The average molecular weight is 200 g/mol. The lowest BCUT2D eigenvalue weighted by Crippen LogP contribution is -2.52. The number of hydrogen-bond acceptors (Lipinski definition) is 3. The zero-order chi connectivity index (χ0) is 9.26. The van der Waals surface area contributed by atoms with Gasteiger partial charge in [0.2, 0.25) is 0 Å². The summed E-state index contributed by atoms with van der Waals surface area (Å²) in [6.45, 7) is 7.38. The Morgan fingerprint density at radius 2 is 2.38 bits per heavy atom. The van der Waals surface area contributed by atoms with E-state index in [1.165, 1.54) is 0 Å². The summed E-state index contributed by atoms with van der Waals surface area (Å²) in [4.78, 5) is 4.72. The quantitative estimate of drug-likeness (QED) is 0.579. The third kappa shape index (κ3) is 1.79. The maximum absolute atomic E-state index is 5.44. The first kappa shape index (κ1) is 9.21. The van der Waals surface area contributed by atoms with Gasteiger partial charge in [-0.3, -0.25) is 4.90 Å². The maximum atomic E-state index is 5.44. The van der Waals surface area contributed by atoms with E-state index in [1.54, 1.807) is 0 Å². The molecule has 4 heteroatoms. The van der Waals surface area contributed by atoms with E-state index in [-0.39, 0.29) is 0 Å². The zero-order valence-electron chi connectivity index (χ0n) is 8.03. The molecule has 0 aromatic heterocycles. The fourth-order valence-corrected chi connectivity index (χ4v) is 2.37. The Kier molecular flexibility index (Phi) is 2.69. The minimum atomic E-state index is 0.652. The van der Waals surface area contributed by atoms with Gasteiger partial charge in [0.05, 0.1) is 6.61 Å². The van der Waals surface area contributed by atoms with Gasteiger partial charge in [-0.2, -0.15) is 0 Å². The Labute approximate surface area is 84.6 Å². The lowest BCUT2D eigenvalue weighted by molar-refractivity contribution is 0.120. The molecule has 3 nitrogen and oxygen atoms in total. The SMILES string of the molecule is CCN1CCN2CC1CCOC2=S. The van der Waals surface area contributed by atoms with E-state index in [9.17, 15) is 0 Å². The van der Waals surface area contributed by atoms with Gasteiger partial charge < -0.3 is 9.64 Å². The highest BCUT2D eigenvalue weighted by molar-refractivity contribution is 7.80. The molecule has 2 bridgehead atoms. The largest absolute Gasteiger partial charge is 0.471 e. The smallest absolute Gasteiger partial charge is 0.259 e. The summed E-state index contributed by atoms with van der Waals surface area (Å²) in [5, 5.41) is 0.707. The Morgan fingerprint density at radius 3 is 3.15 bits per heavy atom. The van der Waals surface area contributed by atoms with E-state index in [2.05, 4.69) is 16.7 Å². The van der Waals surface area contributed by atoms with Gasteiger partial charge in [0, 0.05) is 25.7 Å². The molecular formula is C9H16N2OS. The second kappa shape index (κ2) is 3.80. The third-order valence-electron chi connectivity index (χ3n) is 2.95. The molecule has 0 N–H and O–H groups in total. The first-order chi connectivity index (χ1) is 6.31. The first-order valence-corrected chi connectivity index (χ1v) is 5.38. The van der Waals surface area contributed by atoms with Crippen LogP contribution in [0.5, 0.6) is 0 Å². The molecular weight excluding hydrogens is 184 g/mol. The van der Waals surface area contributed by atoms with Crippen molar-refractivity contribution in [2.75, 3.05) is 32.8 Å². The molecule has 0 amide bonds. The van der Waals surface area contributed by atoms with Crippen LogP contribution in [0.2, 0.25) is 0 Å². The number of ether oxygens (including phenoxy) is 1. The Morgan fingerprint density at radius 1 is 1.54 bits per heavy atom. The molecule has 2 aliphatic heterocycles. The van der Waals surface area contributed by atoms with Crippen LogP contribution in [0.25, 0.3) is 0 Å². The van der Waals surface area contributed by atoms with Crippen molar-refractivity contribution >= 4 is 17.4 Å². The number of thiocarbonyl (C=S) groups is 1. The van der Waals surface area contributed by atoms with Gasteiger partial charge in [0.15, 0.2) is 0 Å². The van der Waals surface area contributed by atoms with Gasteiger partial charge in [-0.1, -0.05) is 6.92 Å². The minimum absolute atomic E-state index is 0.652. The molecule has 2 fully saturated rings. The van der Waals surface area contributed by atoms with E-state index in [0.717, 1.165) is 39.2 Å². The number of piperazine rings is 1. The summed E-state index contributed by atoms with van der Waals surface area (Å²) in [6, 6.07) is 0.652. The summed E-state index contributed by atoms with van der Waals surface area (Å²) in [7, 11) is 0. The number of likely N-dealkylation sites (N-methyl/N-ethyl adjacent to an activating group) is 1. The molecule has 0 saturated carbocycles. The molecule has 0 aromatic rings. The number of rotatable bonds is 1. The highest BCUT2D eigenvalue weighted by atomic mass is 32.1. The number of fused-ring (bicyclic) bond motifs is 2. The van der Waals surface area contributed by atoms with Crippen molar-refractivity contribution in [3.05, 3.63) is 0 Å². The van der Waals surface area contributed by atoms with Crippen LogP contribution in [-0.2, 0) is 4.74 Å². The number of hydrogen-bond donors (Lipinski definition) is 0. The molecule has 2 aliphatic rings. The molecule has 1 atom stereocenters. The summed E-state index contributed by atoms with van der Waals surface area (Å²) < 4.78 is 5.44. The van der Waals surface area contributed by atoms with Crippen molar-refractivity contribution in [1.82, 2.24) is 9.80 Å². The fourth-order valence-electron chi connectivity index (χ4n) is 2.12. The van der Waals surface area contributed by atoms with Crippen molar-refractivity contribution in [3.63, 3.8) is 0 Å². The fraction of sp³-hybridized carbons (Fsp3) is 0.889. The highest BCUT2D eigenvalue weighted by Crippen LogP contribution is 2.17. The van der Waals surface area contributed by atoms with Crippen LogP contribution in [-0.4, -0.2) is 53.8 Å². The summed E-state index contributed by atoms with van der Waals surface area (Å²) in [5.74, 6) is 0. The highest BCUT2D eigenvalue weighted by Gasteiger charge is 2.30. The summed E-state index contributed by atoms with van der Waals surface area (Å²) >= 11 is 5.16. The molecule has 74 valence electrons.